The van der Waals surface area contributed by atoms with Crippen LogP contribution in [0.5, 0.6) is 0 Å². The smallest absolute Gasteiger partial charge is 0.225 e. The van der Waals surface area contributed by atoms with E-state index in [4.69, 9.17) is 0 Å². The second-order valence-corrected chi connectivity index (χ2v) is 6.70. The summed E-state index contributed by atoms with van der Waals surface area (Å²) in [5.41, 5.74) is 2.08. The quantitative estimate of drug-likeness (QED) is 0.647. The first-order valence-electron chi connectivity index (χ1n) is 7.96. The first-order valence-corrected chi connectivity index (χ1v) is 8.76. The van der Waals surface area contributed by atoms with Crippen LogP contribution in [0.2, 0.25) is 0 Å². The predicted octanol–water partition coefficient (Wildman–Crippen LogP) is 4.76. The molecule has 5 nitrogen and oxygen atoms in total. The van der Waals surface area contributed by atoms with E-state index < -0.39 is 0 Å². The molecule has 4 rings (SSSR count). The van der Waals surface area contributed by atoms with Crippen molar-refractivity contribution >= 4 is 33.4 Å². The van der Waals surface area contributed by atoms with Crippen molar-refractivity contribution in [2.75, 3.05) is 10.6 Å². The molecule has 2 N–H and O–H groups in total. The summed E-state index contributed by atoms with van der Waals surface area (Å²) < 4.78 is 14.2. The second-order valence-electron chi connectivity index (χ2n) is 5.85. The number of benzene rings is 1. The molecular weight excluding hydrogens is 385 g/mol. The molecule has 0 atom stereocenters. The van der Waals surface area contributed by atoms with Crippen LogP contribution in [0.3, 0.4) is 0 Å². The molecule has 2 aromatic heterocycles. The summed E-state index contributed by atoms with van der Waals surface area (Å²) in [7, 11) is 0. The zero-order valence-electron chi connectivity index (χ0n) is 13.2. The molecule has 1 aromatic carbocycles. The maximum absolute atomic E-state index is 13.7. The number of pyridine rings is 1. The number of nitrogens with zero attached hydrogens (tertiary/aromatic N) is 3. The van der Waals surface area contributed by atoms with E-state index in [1.54, 1.807) is 24.4 Å². The van der Waals surface area contributed by atoms with Crippen molar-refractivity contribution in [3.8, 4) is 11.4 Å². The molecule has 0 spiro atoms. The summed E-state index contributed by atoms with van der Waals surface area (Å²) in [5.74, 6) is 0.798. The molecule has 0 aliphatic heterocycles. The minimum absolute atomic E-state index is 0.333. The Hall–Kier alpha value is -2.54. The Morgan fingerprint density at radius 2 is 1.92 bits per heavy atom. The van der Waals surface area contributed by atoms with E-state index in [0.29, 0.717) is 33.7 Å². The van der Waals surface area contributed by atoms with Gasteiger partial charge in [-0.2, -0.15) is 4.98 Å². The normalized spacial score (nSPS) is 13.5. The first kappa shape index (κ1) is 16.0. The Bertz CT molecular complexity index is 899. The summed E-state index contributed by atoms with van der Waals surface area (Å²) in [6.07, 6.45) is 3.97. The van der Waals surface area contributed by atoms with Gasteiger partial charge in [-0.3, -0.25) is 4.98 Å². The van der Waals surface area contributed by atoms with Crippen LogP contribution in [0.1, 0.15) is 12.8 Å². The van der Waals surface area contributed by atoms with Crippen LogP contribution in [0.25, 0.3) is 11.4 Å². The minimum atomic E-state index is -0.333. The maximum atomic E-state index is 13.7. The molecule has 2 heterocycles. The molecule has 1 saturated carbocycles. The van der Waals surface area contributed by atoms with Gasteiger partial charge in [-0.1, -0.05) is 6.07 Å². The number of nitrogens with one attached hydrogen (secondary N) is 2. The molecule has 0 unspecified atom stereocenters. The van der Waals surface area contributed by atoms with Crippen molar-refractivity contribution in [1.29, 1.82) is 0 Å². The van der Waals surface area contributed by atoms with E-state index in [1.165, 1.54) is 6.07 Å². The molecule has 126 valence electrons. The Balaban J connectivity index is 1.68. The number of rotatable bonds is 5. The van der Waals surface area contributed by atoms with Gasteiger partial charge in [0, 0.05) is 24.0 Å². The average molecular weight is 400 g/mol. The maximum Gasteiger partial charge on any atom is 0.225 e. The van der Waals surface area contributed by atoms with Crippen molar-refractivity contribution < 1.29 is 4.39 Å². The van der Waals surface area contributed by atoms with E-state index in [-0.39, 0.29) is 5.82 Å². The molecule has 0 saturated heterocycles. The summed E-state index contributed by atoms with van der Waals surface area (Å²) in [6.45, 7) is 0. The zero-order valence-corrected chi connectivity index (χ0v) is 14.8. The van der Waals surface area contributed by atoms with E-state index in [2.05, 4.69) is 41.5 Å². The van der Waals surface area contributed by atoms with Gasteiger partial charge < -0.3 is 10.6 Å². The fourth-order valence-corrected chi connectivity index (χ4v) is 2.60. The first-order chi connectivity index (χ1) is 12.2. The Kier molecular flexibility index (Phi) is 4.31. The fourth-order valence-electron chi connectivity index (χ4n) is 2.35. The molecular formula is C18H15BrFN5. The summed E-state index contributed by atoms with van der Waals surface area (Å²) in [5, 5.41) is 6.44. The standard InChI is InChI=1S/C18H15BrFN5/c19-13-7-6-12(9-14(13)20)22-17-10-16(15-3-1-2-8-21-15)24-18(25-17)23-11-4-5-11/h1-3,6-11H,4-5H2,(H2,22,23,24,25). The highest BCUT2D eigenvalue weighted by Gasteiger charge is 2.22. The number of anilines is 3. The number of aromatic nitrogens is 3. The van der Waals surface area contributed by atoms with Crippen LogP contribution >= 0.6 is 15.9 Å². The highest BCUT2D eigenvalue weighted by Crippen LogP contribution is 2.27. The Morgan fingerprint density at radius 1 is 1.04 bits per heavy atom. The molecule has 0 radical (unpaired) electrons. The third-order valence-electron chi connectivity index (χ3n) is 3.76. The van der Waals surface area contributed by atoms with Gasteiger partial charge in [0.2, 0.25) is 5.95 Å². The van der Waals surface area contributed by atoms with Crippen LogP contribution in [0.4, 0.5) is 21.8 Å². The van der Waals surface area contributed by atoms with Crippen molar-refractivity contribution in [3.05, 3.63) is 59.0 Å². The van der Waals surface area contributed by atoms with Gasteiger partial charge in [-0.25, -0.2) is 9.37 Å². The third-order valence-corrected chi connectivity index (χ3v) is 4.40. The van der Waals surface area contributed by atoms with Gasteiger partial charge in [-0.15, -0.1) is 0 Å². The Morgan fingerprint density at radius 3 is 2.64 bits per heavy atom. The van der Waals surface area contributed by atoms with Gasteiger partial charge in [0.1, 0.15) is 11.6 Å². The number of hydrogen-bond donors (Lipinski definition) is 2. The summed E-state index contributed by atoms with van der Waals surface area (Å²) in [6, 6.07) is 12.8. The highest BCUT2D eigenvalue weighted by atomic mass is 79.9. The van der Waals surface area contributed by atoms with E-state index in [1.807, 2.05) is 18.2 Å². The molecule has 25 heavy (non-hydrogen) atoms. The lowest BCUT2D eigenvalue weighted by Crippen LogP contribution is -2.08. The van der Waals surface area contributed by atoms with Crippen LogP contribution in [-0.2, 0) is 0 Å². The summed E-state index contributed by atoms with van der Waals surface area (Å²) in [4.78, 5) is 13.4. The monoisotopic (exact) mass is 399 g/mol. The molecule has 7 heteroatoms. The Labute approximate surface area is 152 Å². The van der Waals surface area contributed by atoms with Gasteiger partial charge in [0.05, 0.1) is 15.9 Å². The van der Waals surface area contributed by atoms with Crippen LogP contribution in [0, 0.1) is 5.82 Å². The van der Waals surface area contributed by atoms with Crippen LogP contribution in [0.15, 0.2) is 53.1 Å². The lowest BCUT2D eigenvalue weighted by Gasteiger charge is -2.11. The topological polar surface area (TPSA) is 62.7 Å². The molecule has 1 aliphatic rings. The van der Waals surface area contributed by atoms with E-state index >= 15 is 0 Å². The highest BCUT2D eigenvalue weighted by molar-refractivity contribution is 9.10. The zero-order chi connectivity index (χ0) is 17.2. The van der Waals surface area contributed by atoms with Crippen LogP contribution in [-0.4, -0.2) is 21.0 Å². The van der Waals surface area contributed by atoms with E-state index in [0.717, 1.165) is 18.5 Å². The molecule has 0 bridgehead atoms. The van der Waals surface area contributed by atoms with Gasteiger partial charge >= 0.3 is 0 Å². The van der Waals surface area contributed by atoms with E-state index in [9.17, 15) is 4.39 Å². The van der Waals surface area contributed by atoms with Gasteiger partial charge in [-0.05, 0) is 59.1 Å². The second kappa shape index (κ2) is 6.76. The molecule has 3 aromatic rings. The van der Waals surface area contributed by atoms with Gasteiger partial charge in [0.15, 0.2) is 0 Å². The van der Waals surface area contributed by atoms with Crippen molar-refractivity contribution in [3.63, 3.8) is 0 Å². The molecule has 0 amide bonds. The lowest BCUT2D eigenvalue weighted by molar-refractivity contribution is 0.622. The lowest BCUT2D eigenvalue weighted by atomic mass is 10.2. The summed E-state index contributed by atoms with van der Waals surface area (Å²) >= 11 is 3.16. The third kappa shape index (κ3) is 3.93. The largest absolute Gasteiger partial charge is 0.351 e. The van der Waals surface area contributed by atoms with Crippen molar-refractivity contribution in [2.24, 2.45) is 0 Å². The van der Waals surface area contributed by atoms with Crippen molar-refractivity contribution in [2.45, 2.75) is 18.9 Å². The van der Waals surface area contributed by atoms with Crippen LogP contribution < -0.4 is 10.6 Å². The fraction of sp³-hybridized carbons (Fsp3) is 0.167. The minimum Gasteiger partial charge on any atom is -0.351 e. The SMILES string of the molecule is Fc1cc(Nc2cc(-c3ccccn3)nc(NC3CC3)n2)ccc1Br. The van der Waals surface area contributed by atoms with Gasteiger partial charge in [0.25, 0.3) is 0 Å². The average Bonchev–Trinajstić information content (AvgIpc) is 3.43. The molecule has 1 fully saturated rings. The number of halogens is 2. The predicted molar refractivity (Wildman–Crippen MR) is 99.3 cm³/mol. The van der Waals surface area contributed by atoms with Crippen molar-refractivity contribution in [1.82, 2.24) is 15.0 Å². The number of hydrogen-bond acceptors (Lipinski definition) is 5. The molecule has 1 aliphatic carbocycles.